The van der Waals surface area contributed by atoms with E-state index in [2.05, 4.69) is 39.6 Å². The maximum Gasteiger partial charge on any atom is 0.123 e. The fraction of sp³-hybridized carbons (Fsp3) is 0.286. The molecule has 1 N–H and O–H groups in total. The summed E-state index contributed by atoms with van der Waals surface area (Å²) in [6.07, 6.45) is 0.981. The summed E-state index contributed by atoms with van der Waals surface area (Å²) in [6.45, 7) is 2.96. The molecule has 96 valence electrons. The number of thiophene rings is 1. The molecule has 0 radical (unpaired) electrons. The van der Waals surface area contributed by atoms with Crippen LogP contribution in [0.15, 0.2) is 40.2 Å². The van der Waals surface area contributed by atoms with Crippen LogP contribution in [0, 0.1) is 5.82 Å². The monoisotopic (exact) mass is 327 g/mol. The van der Waals surface area contributed by atoms with Gasteiger partial charge in [0.2, 0.25) is 0 Å². The van der Waals surface area contributed by atoms with Crippen molar-refractivity contribution in [2.24, 2.45) is 0 Å². The Kier molecular flexibility index (Phi) is 4.92. The number of hydrogen-bond acceptors (Lipinski definition) is 2. The van der Waals surface area contributed by atoms with Crippen molar-refractivity contribution in [1.29, 1.82) is 0 Å². The van der Waals surface area contributed by atoms with Gasteiger partial charge in [-0.05, 0) is 51.5 Å². The van der Waals surface area contributed by atoms with E-state index in [1.165, 1.54) is 17.0 Å². The molecular formula is C14H15BrFNS. The molecule has 0 saturated carbocycles. The summed E-state index contributed by atoms with van der Waals surface area (Å²) in [5.41, 5.74) is 1.13. The molecule has 1 atom stereocenters. The second-order valence-electron chi connectivity index (χ2n) is 4.09. The summed E-state index contributed by atoms with van der Waals surface area (Å²) < 4.78 is 14.0. The van der Waals surface area contributed by atoms with Crippen LogP contribution in [0.3, 0.4) is 0 Å². The summed E-state index contributed by atoms with van der Waals surface area (Å²) in [7, 11) is 0. The lowest BCUT2D eigenvalue weighted by atomic mass is 10.0. The van der Waals surface area contributed by atoms with Gasteiger partial charge in [0.1, 0.15) is 5.82 Å². The maximum atomic E-state index is 12.9. The fourth-order valence-corrected chi connectivity index (χ4v) is 3.30. The highest BCUT2D eigenvalue weighted by molar-refractivity contribution is 9.10. The van der Waals surface area contributed by atoms with E-state index in [0.29, 0.717) is 0 Å². The van der Waals surface area contributed by atoms with Gasteiger partial charge in [0.05, 0.1) is 0 Å². The van der Waals surface area contributed by atoms with E-state index in [1.54, 1.807) is 11.3 Å². The van der Waals surface area contributed by atoms with Crippen LogP contribution in [-0.4, -0.2) is 0 Å². The molecule has 18 heavy (non-hydrogen) atoms. The van der Waals surface area contributed by atoms with Crippen LogP contribution in [-0.2, 0) is 6.54 Å². The van der Waals surface area contributed by atoms with Gasteiger partial charge >= 0.3 is 0 Å². The first kappa shape index (κ1) is 13.7. The number of rotatable bonds is 5. The SMILES string of the molecule is CCC(NCc1sccc1Br)c1ccc(F)cc1. The maximum absolute atomic E-state index is 12.9. The van der Waals surface area contributed by atoms with E-state index in [-0.39, 0.29) is 11.9 Å². The first-order valence-electron chi connectivity index (χ1n) is 5.91. The van der Waals surface area contributed by atoms with Gasteiger partial charge in [-0.15, -0.1) is 11.3 Å². The first-order valence-corrected chi connectivity index (χ1v) is 7.58. The fourth-order valence-electron chi connectivity index (χ4n) is 1.86. The van der Waals surface area contributed by atoms with Crippen LogP contribution in [0.25, 0.3) is 0 Å². The Balaban J connectivity index is 2.01. The van der Waals surface area contributed by atoms with Crippen LogP contribution < -0.4 is 5.32 Å². The van der Waals surface area contributed by atoms with Crippen molar-refractivity contribution in [3.63, 3.8) is 0 Å². The van der Waals surface area contributed by atoms with Crippen LogP contribution in [0.1, 0.15) is 29.8 Å². The minimum absolute atomic E-state index is 0.186. The zero-order chi connectivity index (χ0) is 13.0. The van der Waals surface area contributed by atoms with E-state index >= 15 is 0 Å². The lowest BCUT2D eigenvalue weighted by Crippen LogP contribution is -2.19. The Morgan fingerprint density at radius 1 is 1.28 bits per heavy atom. The van der Waals surface area contributed by atoms with Crippen molar-refractivity contribution in [3.05, 3.63) is 56.4 Å². The Hall–Kier alpha value is -0.710. The Labute approximate surface area is 119 Å². The van der Waals surface area contributed by atoms with E-state index in [0.717, 1.165) is 23.0 Å². The van der Waals surface area contributed by atoms with Crippen molar-refractivity contribution in [2.45, 2.75) is 25.9 Å². The molecule has 0 aliphatic heterocycles. The molecule has 1 heterocycles. The Morgan fingerprint density at radius 3 is 2.56 bits per heavy atom. The van der Waals surface area contributed by atoms with Gasteiger partial charge in [0.15, 0.2) is 0 Å². The molecule has 4 heteroatoms. The first-order chi connectivity index (χ1) is 8.70. The van der Waals surface area contributed by atoms with E-state index < -0.39 is 0 Å². The third-order valence-corrected chi connectivity index (χ3v) is 4.81. The summed E-state index contributed by atoms with van der Waals surface area (Å²) in [6, 6.07) is 9.04. The van der Waals surface area contributed by atoms with Crippen molar-refractivity contribution >= 4 is 27.3 Å². The third kappa shape index (κ3) is 3.40. The minimum atomic E-state index is -0.186. The highest BCUT2D eigenvalue weighted by Gasteiger charge is 2.10. The molecule has 0 fully saturated rings. The van der Waals surface area contributed by atoms with Crippen LogP contribution in [0.4, 0.5) is 4.39 Å². The third-order valence-electron chi connectivity index (χ3n) is 2.88. The average molecular weight is 328 g/mol. The normalized spacial score (nSPS) is 12.6. The topological polar surface area (TPSA) is 12.0 Å². The quantitative estimate of drug-likeness (QED) is 0.824. The standard InChI is InChI=1S/C14H15BrFNS/c1-2-13(10-3-5-11(16)6-4-10)17-9-14-12(15)7-8-18-14/h3-8,13,17H,2,9H2,1H3. The molecule has 0 bridgehead atoms. The zero-order valence-electron chi connectivity index (χ0n) is 10.1. The number of hydrogen-bond donors (Lipinski definition) is 1. The van der Waals surface area contributed by atoms with Gasteiger partial charge in [-0.3, -0.25) is 0 Å². The molecular weight excluding hydrogens is 313 g/mol. The number of nitrogens with one attached hydrogen (secondary N) is 1. The minimum Gasteiger partial charge on any atom is -0.305 e. The highest BCUT2D eigenvalue weighted by Crippen LogP contribution is 2.24. The highest BCUT2D eigenvalue weighted by atomic mass is 79.9. The number of halogens is 2. The van der Waals surface area contributed by atoms with Crippen LogP contribution >= 0.6 is 27.3 Å². The molecule has 1 unspecified atom stereocenters. The van der Waals surface area contributed by atoms with E-state index in [9.17, 15) is 4.39 Å². The van der Waals surface area contributed by atoms with Gasteiger partial charge in [-0.25, -0.2) is 4.39 Å². The Bertz CT molecular complexity index is 495. The molecule has 1 nitrogen and oxygen atoms in total. The summed E-state index contributed by atoms with van der Waals surface area (Å²) in [4.78, 5) is 1.29. The molecule has 1 aromatic heterocycles. The molecule has 1 aromatic carbocycles. The summed E-state index contributed by atoms with van der Waals surface area (Å²) >= 11 is 5.26. The van der Waals surface area contributed by atoms with Gasteiger partial charge in [0, 0.05) is 21.9 Å². The second-order valence-corrected chi connectivity index (χ2v) is 5.94. The van der Waals surface area contributed by atoms with Gasteiger partial charge in [0.25, 0.3) is 0 Å². The van der Waals surface area contributed by atoms with Crippen LogP contribution in [0.5, 0.6) is 0 Å². The lowest BCUT2D eigenvalue weighted by molar-refractivity contribution is 0.520. The molecule has 0 aliphatic rings. The molecule has 0 aliphatic carbocycles. The Morgan fingerprint density at radius 2 is 2.00 bits per heavy atom. The van der Waals surface area contributed by atoms with Gasteiger partial charge < -0.3 is 5.32 Å². The largest absolute Gasteiger partial charge is 0.305 e. The van der Waals surface area contributed by atoms with Crippen molar-refractivity contribution < 1.29 is 4.39 Å². The number of benzene rings is 1. The molecule has 2 rings (SSSR count). The van der Waals surface area contributed by atoms with Crippen molar-refractivity contribution in [2.75, 3.05) is 0 Å². The van der Waals surface area contributed by atoms with E-state index in [1.807, 2.05) is 12.1 Å². The molecule has 0 saturated heterocycles. The van der Waals surface area contributed by atoms with Gasteiger partial charge in [-0.2, -0.15) is 0 Å². The molecule has 0 spiro atoms. The summed E-state index contributed by atoms with van der Waals surface area (Å²) in [5, 5.41) is 5.58. The van der Waals surface area contributed by atoms with Crippen LogP contribution in [0.2, 0.25) is 0 Å². The van der Waals surface area contributed by atoms with Crippen molar-refractivity contribution in [3.8, 4) is 0 Å². The lowest BCUT2D eigenvalue weighted by Gasteiger charge is -2.17. The average Bonchev–Trinajstić information content (AvgIpc) is 2.78. The predicted molar refractivity (Wildman–Crippen MR) is 78.3 cm³/mol. The smallest absolute Gasteiger partial charge is 0.123 e. The van der Waals surface area contributed by atoms with Crippen molar-refractivity contribution in [1.82, 2.24) is 5.32 Å². The van der Waals surface area contributed by atoms with E-state index in [4.69, 9.17) is 0 Å². The zero-order valence-corrected chi connectivity index (χ0v) is 12.5. The molecule has 0 amide bonds. The predicted octanol–water partition coefficient (Wildman–Crippen LogP) is 4.89. The summed E-state index contributed by atoms with van der Waals surface area (Å²) in [5.74, 6) is -0.186. The molecule has 2 aromatic rings. The second kappa shape index (κ2) is 6.45. The van der Waals surface area contributed by atoms with Gasteiger partial charge in [-0.1, -0.05) is 19.1 Å².